The van der Waals surface area contributed by atoms with Crippen molar-refractivity contribution in [3.63, 3.8) is 0 Å². The van der Waals surface area contributed by atoms with Crippen LogP contribution in [0.1, 0.15) is 58.8 Å². The second-order valence-electron chi connectivity index (χ2n) is 10.2. The summed E-state index contributed by atoms with van der Waals surface area (Å²) in [7, 11) is 0. The van der Waals surface area contributed by atoms with Crippen molar-refractivity contribution in [2.45, 2.75) is 101 Å². The smallest absolute Gasteiger partial charge is 0.278 e. The van der Waals surface area contributed by atoms with Gasteiger partial charge in [-0.1, -0.05) is 0 Å². The third kappa shape index (κ3) is 16.1. The first-order chi connectivity index (χ1) is 19.6. The van der Waals surface area contributed by atoms with Crippen molar-refractivity contribution >= 4 is 35.4 Å². The lowest BCUT2D eigenvalue weighted by Crippen LogP contribution is -2.68. The summed E-state index contributed by atoms with van der Waals surface area (Å²) in [4.78, 5) is 74.6. The molecule has 0 spiro atoms. The highest BCUT2D eigenvalue weighted by atomic mass is 16.3. The van der Waals surface area contributed by atoms with E-state index in [0.717, 1.165) is 0 Å². The van der Waals surface area contributed by atoms with E-state index in [1.54, 1.807) is 6.92 Å². The lowest BCUT2D eigenvalue weighted by atomic mass is 10.0. The molecule has 0 aliphatic heterocycles. The van der Waals surface area contributed by atoms with Crippen LogP contribution in [0.15, 0.2) is 0 Å². The number of primary amides is 2. The Morgan fingerprint density at radius 1 is 0.738 bits per heavy atom. The summed E-state index contributed by atoms with van der Waals surface area (Å²) in [5, 5.41) is 23.1. The van der Waals surface area contributed by atoms with E-state index in [-0.39, 0.29) is 25.7 Å². The minimum atomic E-state index is -1.50. The summed E-state index contributed by atoms with van der Waals surface area (Å²) >= 11 is 0. The number of hydrogen-bond donors (Lipinski definition) is 12. The molecule has 42 heavy (non-hydrogen) atoms. The van der Waals surface area contributed by atoms with Crippen LogP contribution >= 0.6 is 0 Å². The molecule has 0 aliphatic carbocycles. The number of amides is 6. The number of quaternary nitrogens is 2. The molecule has 0 unspecified atom stereocenters. The maximum Gasteiger partial charge on any atom is 0.278 e. The normalized spacial score (nSPS) is 15.4. The molecule has 0 saturated heterocycles. The van der Waals surface area contributed by atoms with Crippen molar-refractivity contribution in [2.24, 2.45) is 22.9 Å². The van der Waals surface area contributed by atoms with Gasteiger partial charge < -0.3 is 60.8 Å². The van der Waals surface area contributed by atoms with E-state index < -0.39 is 78.0 Å². The van der Waals surface area contributed by atoms with Crippen LogP contribution in [0.3, 0.4) is 0 Å². The first kappa shape index (κ1) is 38.6. The second kappa shape index (κ2) is 20.5. The number of aliphatic hydroxyl groups is 1. The van der Waals surface area contributed by atoms with Gasteiger partial charge in [-0.3, -0.25) is 34.1 Å². The van der Waals surface area contributed by atoms with Crippen molar-refractivity contribution in [1.29, 1.82) is 0 Å². The van der Waals surface area contributed by atoms with Crippen LogP contribution in [0.5, 0.6) is 0 Å². The van der Waals surface area contributed by atoms with E-state index in [4.69, 9.17) is 22.9 Å². The quantitative estimate of drug-likeness (QED) is 0.0408. The number of rotatable bonds is 22. The van der Waals surface area contributed by atoms with Crippen LogP contribution in [-0.4, -0.2) is 96.2 Å². The topological polar surface area (TPSA) is 342 Å². The highest BCUT2D eigenvalue weighted by Crippen LogP contribution is 2.06. The molecule has 0 aliphatic rings. The SMILES string of the molecule is C[C@H]([NH3+])C(=O)N[C@@H](CCCNC(N)N)C(=O)N[C@H](C(=O)N[C@@H](CCCC[NH3+])C(=O)N[C@@H](CCC(N)=O)C(N)=O)[C@@H](C)O. The van der Waals surface area contributed by atoms with Gasteiger partial charge in [-0.05, 0) is 58.9 Å². The Balaban J connectivity index is 5.74. The van der Waals surface area contributed by atoms with E-state index in [1.165, 1.54) is 6.92 Å². The summed E-state index contributed by atoms with van der Waals surface area (Å²) in [6.07, 6.45) is -0.718. The number of nitrogens with two attached hydrogens (primary N) is 4. The molecule has 18 heteroatoms. The molecular weight excluding hydrogens is 554 g/mol. The highest BCUT2D eigenvalue weighted by molar-refractivity contribution is 5.95. The Hall–Kier alpha value is -3.42. The van der Waals surface area contributed by atoms with Crippen molar-refractivity contribution in [3.05, 3.63) is 0 Å². The minimum Gasteiger partial charge on any atom is -0.391 e. The fourth-order valence-corrected chi connectivity index (χ4v) is 3.72. The molecule has 242 valence electrons. The third-order valence-electron chi connectivity index (χ3n) is 6.16. The molecule has 0 saturated carbocycles. The number of unbranched alkanes of at least 4 members (excludes halogenated alkanes) is 1. The maximum absolute atomic E-state index is 13.2. The summed E-state index contributed by atoms with van der Waals surface area (Å²) in [6, 6.07) is -5.64. The Bertz CT molecular complexity index is 902. The Morgan fingerprint density at radius 3 is 1.74 bits per heavy atom. The van der Waals surface area contributed by atoms with E-state index in [2.05, 4.69) is 38.1 Å². The minimum absolute atomic E-state index is 0.131. The predicted octanol–water partition coefficient (Wildman–Crippen LogP) is -7.33. The van der Waals surface area contributed by atoms with Crippen molar-refractivity contribution < 1.29 is 45.3 Å². The predicted molar refractivity (Wildman–Crippen MR) is 150 cm³/mol. The first-order valence-corrected chi connectivity index (χ1v) is 13.9. The zero-order valence-electron chi connectivity index (χ0n) is 24.5. The third-order valence-corrected chi connectivity index (χ3v) is 6.16. The van der Waals surface area contributed by atoms with Crippen molar-refractivity contribution in [2.75, 3.05) is 13.1 Å². The zero-order valence-corrected chi connectivity index (χ0v) is 24.5. The summed E-state index contributed by atoms with van der Waals surface area (Å²) in [5.41, 5.74) is 28.8. The monoisotopic (exact) mass is 605 g/mol. The maximum atomic E-state index is 13.2. The lowest BCUT2D eigenvalue weighted by molar-refractivity contribution is -0.398. The largest absolute Gasteiger partial charge is 0.391 e. The van der Waals surface area contributed by atoms with Gasteiger partial charge >= 0.3 is 0 Å². The van der Waals surface area contributed by atoms with E-state index in [0.29, 0.717) is 32.4 Å². The van der Waals surface area contributed by atoms with E-state index in [1.807, 2.05) is 0 Å². The molecule has 0 aromatic heterocycles. The van der Waals surface area contributed by atoms with Gasteiger partial charge in [0, 0.05) is 6.42 Å². The number of carbonyl (C=O) groups excluding carboxylic acids is 6. The van der Waals surface area contributed by atoms with Gasteiger partial charge in [-0.25, -0.2) is 0 Å². The van der Waals surface area contributed by atoms with Gasteiger partial charge in [0.2, 0.25) is 29.5 Å². The van der Waals surface area contributed by atoms with Gasteiger partial charge in [0.25, 0.3) is 5.91 Å². The van der Waals surface area contributed by atoms with Gasteiger partial charge in [0.15, 0.2) is 6.04 Å². The second-order valence-corrected chi connectivity index (χ2v) is 10.2. The highest BCUT2D eigenvalue weighted by Gasteiger charge is 2.33. The van der Waals surface area contributed by atoms with Crippen LogP contribution < -0.4 is 61.0 Å². The fraction of sp³-hybridized carbons (Fsp3) is 0.750. The number of carbonyl (C=O) groups is 6. The van der Waals surface area contributed by atoms with Crippen molar-refractivity contribution in [1.82, 2.24) is 26.6 Å². The molecule has 6 atom stereocenters. The number of aliphatic hydroxyl groups excluding tert-OH is 1. The summed E-state index contributed by atoms with van der Waals surface area (Å²) in [5.74, 6) is -4.47. The molecule has 6 amide bonds. The van der Waals surface area contributed by atoms with Gasteiger partial charge in [-0.15, -0.1) is 0 Å². The standard InChI is InChI=1S/C24H49N11O7/c1-12(26)20(39)33-16(7-5-11-31-24(29)30)22(41)35-18(13(2)36)23(42)34-15(6-3-4-10-25)21(40)32-14(19(28)38)8-9-17(27)37/h12-16,18,24,31,36H,3-11,25-26,29-30H2,1-2H3,(H2,27,37)(H2,28,38)(H,32,40)(H,33,39)(H,34,42)(H,35,41)/p+2/t12-,13+,14-,15-,16-,18-/m0/s1. The summed E-state index contributed by atoms with van der Waals surface area (Å²) < 4.78 is 0. The van der Waals surface area contributed by atoms with Crippen LogP contribution in [0.2, 0.25) is 0 Å². The molecule has 20 N–H and O–H groups in total. The molecule has 0 heterocycles. The molecule has 0 aromatic rings. The van der Waals surface area contributed by atoms with E-state index >= 15 is 0 Å². The average molecular weight is 606 g/mol. The zero-order chi connectivity index (χ0) is 32.4. The first-order valence-electron chi connectivity index (χ1n) is 13.9. The number of hydrogen-bond acceptors (Lipinski definition) is 10. The van der Waals surface area contributed by atoms with Crippen LogP contribution in [0, 0.1) is 0 Å². The van der Waals surface area contributed by atoms with Gasteiger partial charge in [-0.2, -0.15) is 0 Å². The number of nitrogens with one attached hydrogen (secondary N) is 5. The summed E-state index contributed by atoms with van der Waals surface area (Å²) in [6.45, 7) is 3.73. The molecule has 18 nitrogen and oxygen atoms in total. The Kier molecular flexibility index (Phi) is 18.8. The van der Waals surface area contributed by atoms with Crippen LogP contribution in [0.4, 0.5) is 0 Å². The molecule has 0 bridgehead atoms. The fourth-order valence-electron chi connectivity index (χ4n) is 3.72. The van der Waals surface area contributed by atoms with Crippen molar-refractivity contribution in [3.8, 4) is 0 Å². The van der Waals surface area contributed by atoms with Gasteiger partial charge in [0.05, 0.1) is 12.6 Å². The van der Waals surface area contributed by atoms with Gasteiger partial charge in [0.1, 0.15) is 30.5 Å². The molecule has 0 rings (SSSR count). The average Bonchev–Trinajstić information content (AvgIpc) is 2.89. The molecular formula is C24H51N11O7+2. The van der Waals surface area contributed by atoms with Crippen LogP contribution in [0.25, 0.3) is 0 Å². The van der Waals surface area contributed by atoms with E-state index in [9.17, 15) is 33.9 Å². The lowest BCUT2D eigenvalue weighted by Gasteiger charge is -2.27. The van der Waals surface area contributed by atoms with Crippen LogP contribution in [-0.2, 0) is 28.8 Å². The molecule has 0 aromatic carbocycles. The molecule has 0 fully saturated rings. The Morgan fingerprint density at radius 2 is 1.26 bits per heavy atom. The molecule has 0 radical (unpaired) electrons. The Labute approximate surface area is 245 Å².